The third-order valence-corrected chi connectivity index (χ3v) is 6.02. The number of ether oxygens (including phenoxy) is 1. The highest BCUT2D eigenvalue weighted by atomic mass is 32.2. The summed E-state index contributed by atoms with van der Waals surface area (Å²) in [7, 11) is 1.49. The Morgan fingerprint density at radius 1 is 1.33 bits per heavy atom. The molecule has 0 amide bonds. The Hall–Kier alpha value is -0.740. The number of hydrogen-bond donors (Lipinski definition) is 1. The summed E-state index contributed by atoms with van der Waals surface area (Å²) >= 11 is 1.98. The Morgan fingerprint density at radius 3 is 2.62 bits per heavy atom. The minimum Gasteiger partial charge on any atom is -0.494 e. The molecule has 1 aliphatic rings. The van der Waals surface area contributed by atoms with E-state index in [0.29, 0.717) is 10.5 Å². The highest BCUT2D eigenvalue weighted by Crippen LogP contribution is 2.38. The second-order valence-corrected chi connectivity index (χ2v) is 7.22. The molecular formula is C17H26FNOS. The third kappa shape index (κ3) is 4.13. The lowest BCUT2D eigenvalue weighted by atomic mass is 9.88. The smallest absolute Gasteiger partial charge is 0.165 e. The summed E-state index contributed by atoms with van der Waals surface area (Å²) in [4.78, 5) is 0. The maximum atomic E-state index is 13.8. The number of halogens is 1. The topological polar surface area (TPSA) is 21.3 Å². The highest BCUT2D eigenvalue weighted by molar-refractivity contribution is 8.00. The monoisotopic (exact) mass is 311 g/mol. The number of methoxy groups -OCH3 is 1. The lowest BCUT2D eigenvalue weighted by Gasteiger charge is -2.37. The van der Waals surface area contributed by atoms with Gasteiger partial charge in [0.25, 0.3) is 0 Å². The molecule has 1 atom stereocenters. The SMILES string of the molecule is COc1ccc(C(C)NCC2(SC)CCCCC2)cc1F. The number of rotatable bonds is 6. The van der Waals surface area contributed by atoms with Crippen LogP contribution in [0.2, 0.25) is 0 Å². The van der Waals surface area contributed by atoms with E-state index in [1.807, 2.05) is 17.8 Å². The fraction of sp³-hybridized carbons (Fsp3) is 0.647. The fourth-order valence-corrected chi connectivity index (χ4v) is 3.98. The first-order valence-electron chi connectivity index (χ1n) is 7.72. The van der Waals surface area contributed by atoms with Crippen molar-refractivity contribution in [1.29, 1.82) is 0 Å². The molecule has 0 aromatic heterocycles. The summed E-state index contributed by atoms with van der Waals surface area (Å²) in [6.45, 7) is 3.08. The van der Waals surface area contributed by atoms with Crippen molar-refractivity contribution in [2.75, 3.05) is 19.9 Å². The quantitative estimate of drug-likeness (QED) is 0.832. The van der Waals surface area contributed by atoms with E-state index in [1.54, 1.807) is 12.1 Å². The van der Waals surface area contributed by atoms with E-state index in [1.165, 1.54) is 39.2 Å². The molecule has 4 heteroatoms. The normalized spacial score (nSPS) is 19.2. The molecule has 1 aromatic rings. The summed E-state index contributed by atoms with van der Waals surface area (Å²) < 4.78 is 19.1. The Morgan fingerprint density at radius 2 is 2.05 bits per heavy atom. The van der Waals surface area contributed by atoms with Crippen LogP contribution in [0.3, 0.4) is 0 Å². The van der Waals surface area contributed by atoms with Crippen LogP contribution >= 0.6 is 11.8 Å². The summed E-state index contributed by atoms with van der Waals surface area (Å²) in [5.41, 5.74) is 0.973. The molecule has 1 saturated carbocycles. The Bertz CT molecular complexity index is 460. The first kappa shape index (κ1) is 16.6. The first-order chi connectivity index (χ1) is 10.1. The van der Waals surface area contributed by atoms with E-state index in [-0.39, 0.29) is 11.9 Å². The first-order valence-corrected chi connectivity index (χ1v) is 8.95. The van der Waals surface area contributed by atoms with Crippen molar-refractivity contribution in [3.05, 3.63) is 29.6 Å². The van der Waals surface area contributed by atoms with E-state index in [4.69, 9.17) is 4.74 Å². The van der Waals surface area contributed by atoms with Crippen molar-refractivity contribution in [3.8, 4) is 5.75 Å². The van der Waals surface area contributed by atoms with Crippen molar-refractivity contribution >= 4 is 11.8 Å². The van der Waals surface area contributed by atoms with Crippen molar-refractivity contribution in [3.63, 3.8) is 0 Å². The van der Waals surface area contributed by atoms with Gasteiger partial charge < -0.3 is 10.1 Å². The molecule has 118 valence electrons. The average Bonchev–Trinajstić information content (AvgIpc) is 2.53. The van der Waals surface area contributed by atoms with E-state index in [9.17, 15) is 4.39 Å². The maximum Gasteiger partial charge on any atom is 0.165 e. The zero-order valence-electron chi connectivity index (χ0n) is 13.2. The largest absolute Gasteiger partial charge is 0.494 e. The molecule has 1 aromatic carbocycles. The van der Waals surface area contributed by atoms with Gasteiger partial charge in [0.2, 0.25) is 0 Å². The van der Waals surface area contributed by atoms with Crippen LogP contribution in [-0.4, -0.2) is 24.7 Å². The van der Waals surface area contributed by atoms with Gasteiger partial charge in [0.05, 0.1) is 7.11 Å². The van der Waals surface area contributed by atoms with E-state index < -0.39 is 0 Å². The van der Waals surface area contributed by atoms with Crippen LogP contribution in [0, 0.1) is 5.82 Å². The zero-order chi connectivity index (χ0) is 15.3. The molecule has 0 saturated heterocycles. The van der Waals surface area contributed by atoms with Crippen molar-refractivity contribution < 1.29 is 9.13 Å². The van der Waals surface area contributed by atoms with Gasteiger partial charge >= 0.3 is 0 Å². The molecule has 1 N–H and O–H groups in total. The van der Waals surface area contributed by atoms with Crippen LogP contribution in [0.1, 0.15) is 50.6 Å². The second-order valence-electron chi connectivity index (χ2n) is 5.94. The van der Waals surface area contributed by atoms with Crippen LogP contribution in [-0.2, 0) is 0 Å². The maximum absolute atomic E-state index is 13.8. The molecule has 1 fully saturated rings. The number of thioether (sulfide) groups is 1. The fourth-order valence-electron chi connectivity index (χ4n) is 3.06. The molecule has 1 aliphatic carbocycles. The number of nitrogens with one attached hydrogen (secondary N) is 1. The minimum atomic E-state index is -0.291. The highest BCUT2D eigenvalue weighted by Gasteiger charge is 2.31. The summed E-state index contributed by atoms with van der Waals surface area (Å²) in [5, 5.41) is 3.60. The third-order valence-electron chi connectivity index (χ3n) is 4.60. The molecule has 0 radical (unpaired) electrons. The van der Waals surface area contributed by atoms with Gasteiger partial charge in [-0.15, -0.1) is 0 Å². The summed E-state index contributed by atoms with van der Waals surface area (Å²) in [5.74, 6) is 0.0136. The van der Waals surface area contributed by atoms with Crippen LogP contribution in [0.5, 0.6) is 5.75 Å². The lowest BCUT2D eigenvalue weighted by molar-refractivity contribution is 0.366. The van der Waals surface area contributed by atoms with Gasteiger partial charge in [-0.2, -0.15) is 11.8 Å². The molecule has 21 heavy (non-hydrogen) atoms. The van der Waals surface area contributed by atoms with E-state index in [2.05, 4.69) is 18.5 Å². The van der Waals surface area contributed by atoms with E-state index >= 15 is 0 Å². The van der Waals surface area contributed by atoms with Gasteiger partial charge in [-0.3, -0.25) is 0 Å². The van der Waals surface area contributed by atoms with Crippen LogP contribution in [0.4, 0.5) is 4.39 Å². The summed E-state index contributed by atoms with van der Waals surface area (Å²) in [6.07, 6.45) is 8.80. The van der Waals surface area contributed by atoms with Crippen molar-refractivity contribution in [2.24, 2.45) is 0 Å². The minimum absolute atomic E-state index is 0.149. The molecule has 0 spiro atoms. The summed E-state index contributed by atoms with van der Waals surface area (Å²) in [6, 6.07) is 5.36. The van der Waals surface area contributed by atoms with Gasteiger partial charge in [0.1, 0.15) is 0 Å². The van der Waals surface area contributed by atoms with Crippen molar-refractivity contribution in [2.45, 2.75) is 49.8 Å². The van der Waals surface area contributed by atoms with Gasteiger partial charge in [0.15, 0.2) is 11.6 Å². The predicted molar refractivity (Wildman–Crippen MR) is 88.7 cm³/mol. The standard InChI is InChI=1S/C17H26FNOS/c1-13(14-7-8-16(20-2)15(18)11-14)19-12-17(21-3)9-5-4-6-10-17/h7-8,11,13,19H,4-6,9-10,12H2,1-3H3. The molecule has 0 aliphatic heterocycles. The Labute approximate surface area is 131 Å². The number of hydrogen-bond acceptors (Lipinski definition) is 3. The van der Waals surface area contributed by atoms with Gasteiger partial charge in [-0.05, 0) is 43.7 Å². The number of benzene rings is 1. The van der Waals surface area contributed by atoms with Crippen LogP contribution in [0.25, 0.3) is 0 Å². The van der Waals surface area contributed by atoms with Gasteiger partial charge in [0, 0.05) is 17.3 Å². The second kappa shape index (κ2) is 7.50. The Kier molecular flexibility index (Phi) is 5.94. The molecule has 0 bridgehead atoms. The molecule has 1 unspecified atom stereocenters. The van der Waals surface area contributed by atoms with E-state index in [0.717, 1.165) is 12.1 Å². The molecule has 0 heterocycles. The Balaban J connectivity index is 1.97. The van der Waals surface area contributed by atoms with Gasteiger partial charge in [-0.25, -0.2) is 4.39 Å². The molecule has 2 rings (SSSR count). The van der Waals surface area contributed by atoms with Crippen molar-refractivity contribution in [1.82, 2.24) is 5.32 Å². The van der Waals surface area contributed by atoms with Crippen LogP contribution in [0.15, 0.2) is 18.2 Å². The average molecular weight is 311 g/mol. The van der Waals surface area contributed by atoms with Gasteiger partial charge in [-0.1, -0.05) is 25.3 Å². The molecular weight excluding hydrogens is 285 g/mol. The lowest BCUT2D eigenvalue weighted by Crippen LogP contribution is -2.40. The van der Waals surface area contributed by atoms with Crippen LogP contribution < -0.4 is 10.1 Å². The molecule has 2 nitrogen and oxygen atoms in total. The zero-order valence-corrected chi connectivity index (χ0v) is 14.1. The predicted octanol–water partition coefficient (Wildman–Crippen LogP) is 4.55.